The lowest BCUT2D eigenvalue weighted by molar-refractivity contribution is -0.119. The van der Waals surface area contributed by atoms with Crippen LogP contribution in [-0.2, 0) is 4.79 Å². The topological polar surface area (TPSA) is 52.6 Å². The fourth-order valence-electron chi connectivity index (χ4n) is 0.990. The first-order valence-electron chi connectivity index (χ1n) is 3.34. The Morgan fingerprint density at radius 2 is 2.40 bits per heavy atom. The van der Waals surface area contributed by atoms with Gasteiger partial charge in [0.2, 0.25) is 5.91 Å². The van der Waals surface area contributed by atoms with Crippen molar-refractivity contribution in [1.82, 2.24) is 10.2 Å². The van der Waals surface area contributed by atoms with Gasteiger partial charge in [-0.15, -0.1) is 0 Å². The van der Waals surface area contributed by atoms with Gasteiger partial charge in [-0.25, -0.2) is 4.90 Å². The molecule has 1 aliphatic rings. The Bertz CT molecular complexity index is 147. The SMILES string of the molecule is CC(C)N1CC(=O)NC1O. The Hall–Kier alpha value is -0.610. The number of aliphatic hydroxyl groups excluding tert-OH is 1. The van der Waals surface area contributed by atoms with Crippen LogP contribution >= 0.6 is 0 Å². The summed E-state index contributed by atoms with van der Waals surface area (Å²) in [5, 5.41) is 11.5. The molecule has 0 saturated carbocycles. The first kappa shape index (κ1) is 7.50. The highest BCUT2D eigenvalue weighted by atomic mass is 16.3. The van der Waals surface area contributed by atoms with Crippen molar-refractivity contribution in [3.8, 4) is 0 Å². The molecule has 0 spiro atoms. The fraction of sp³-hybridized carbons (Fsp3) is 0.833. The molecule has 58 valence electrons. The van der Waals surface area contributed by atoms with Gasteiger partial charge in [0, 0.05) is 6.04 Å². The van der Waals surface area contributed by atoms with Crippen molar-refractivity contribution in [2.75, 3.05) is 6.54 Å². The lowest BCUT2D eigenvalue weighted by atomic mass is 10.3. The van der Waals surface area contributed by atoms with Crippen molar-refractivity contribution < 1.29 is 9.90 Å². The minimum atomic E-state index is -0.785. The summed E-state index contributed by atoms with van der Waals surface area (Å²) in [5.41, 5.74) is 0. The van der Waals surface area contributed by atoms with E-state index in [2.05, 4.69) is 5.32 Å². The summed E-state index contributed by atoms with van der Waals surface area (Å²) in [6.45, 7) is 4.17. The standard InChI is InChI=1S/C6H12N2O2/c1-4(2)8-3-5(9)7-6(8)10/h4,6,10H,3H2,1-2H3,(H,7,9). The number of carbonyl (C=O) groups excluding carboxylic acids is 1. The van der Waals surface area contributed by atoms with Crippen molar-refractivity contribution in [3.05, 3.63) is 0 Å². The van der Waals surface area contributed by atoms with E-state index in [1.54, 1.807) is 4.90 Å². The Labute approximate surface area is 59.8 Å². The molecule has 1 rings (SSSR count). The lowest BCUT2D eigenvalue weighted by Gasteiger charge is -2.21. The van der Waals surface area contributed by atoms with Gasteiger partial charge in [-0.05, 0) is 13.8 Å². The molecule has 0 aromatic carbocycles. The van der Waals surface area contributed by atoms with Gasteiger partial charge >= 0.3 is 0 Å². The highest BCUT2D eigenvalue weighted by molar-refractivity contribution is 5.80. The van der Waals surface area contributed by atoms with E-state index in [4.69, 9.17) is 5.11 Å². The second kappa shape index (κ2) is 2.56. The highest BCUT2D eigenvalue weighted by Gasteiger charge is 2.29. The quantitative estimate of drug-likeness (QED) is 0.501. The molecular formula is C6H12N2O2. The molecule has 0 aromatic heterocycles. The Morgan fingerprint density at radius 3 is 2.60 bits per heavy atom. The van der Waals surface area contributed by atoms with E-state index in [0.717, 1.165) is 0 Å². The number of amides is 1. The monoisotopic (exact) mass is 144 g/mol. The molecule has 1 saturated heterocycles. The van der Waals surface area contributed by atoms with E-state index in [1.807, 2.05) is 13.8 Å². The Balaban J connectivity index is 2.54. The predicted octanol–water partition coefficient (Wildman–Crippen LogP) is -0.897. The van der Waals surface area contributed by atoms with Crippen molar-refractivity contribution in [2.24, 2.45) is 0 Å². The van der Waals surface area contributed by atoms with Crippen LogP contribution in [0.2, 0.25) is 0 Å². The minimum absolute atomic E-state index is 0.110. The summed E-state index contributed by atoms with van der Waals surface area (Å²) in [7, 11) is 0. The predicted molar refractivity (Wildman–Crippen MR) is 36.0 cm³/mol. The lowest BCUT2D eigenvalue weighted by Crippen LogP contribution is -2.39. The molecule has 0 radical (unpaired) electrons. The summed E-state index contributed by atoms with van der Waals surface area (Å²) < 4.78 is 0. The largest absolute Gasteiger partial charge is 0.361 e. The zero-order valence-electron chi connectivity index (χ0n) is 6.16. The fourth-order valence-corrected chi connectivity index (χ4v) is 0.990. The molecule has 0 aliphatic carbocycles. The van der Waals surface area contributed by atoms with Gasteiger partial charge in [-0.2, -0.15) is 0 Å². The smallest absolute Gasteiger partial charge is 0.237 e. The van der Waals surface area contributed by atoms with Crippen LogP contribution in [0.3, 0.4) is 0 Å². The number of carbonyl (C=O) groups is 1. The first-order valence-corrected chi connectivity index (χ1v) is 3.34. The summed E-state index contributed by atoms with van der Waals surface area (Å²) in [5.74, 6) is -0.110. The van der Waals surface area contributed by atoms with E-state index in [9.17, 15) is 4.79 Å². The van der Waals surface area contributed by atoms with Crippen molar-refractivity contribution in [2.45, 2.75) is 26.2 Å². The highest BCUT2D eigenvalue weighted by Crippen LogP contribution is 2.05. The zero-order valence-corrected chi connectivity index (χ0v) is 6.16. The van der Waals surface area contributed by atoms with Crippen LogP contribution in [0.4, 0.5) is 0 Å². The van der Waals surface area contributed by atoms with E-state index in [0.29, 0.717) is 6.54 Å². The van der Waals surface area contributed by atoms with Crippen LogP contribution in [0.15, 0.2) is 0 Å². The van der Waals surface area contributed by atoms with E-state index < -0.39 is 6.35 Å². The molecule has 10 heavy (non-hydrogen) atoms. The van der Waals surface area contributed by atoms with Crippen molar-refractivity contribution in [1.29, 1.82) is 0 Å². The molecule has 1 unspecified atom stereocenters. The van der Waals surface area contributed by atoms with Crippen LogP contribution in [-0.4, -0.2) is 34.9 Å². The molecule has 1 fully saturated rings. The van der Waals surface area contributed by atoms with Crippen LogP contribution < -0.4 is 5.32 Å². The maximum Gasteiger partial charge on any atom is 0.237 e. The number of rotatable bonds is 1. The van der Waals surface area contributed by atoms with Crippen LogP contribution in [0, 0.1) is 0 Å². The van der Waals surface area contributed by atoms with E-state index in [-0.39, 0.29) is 11.9 Å². The van der Waals surface area contributed by atoms with Gasteiger partial charge in [0.1, 0.15) is 0 Å². The first-order chi connectivity index (χ1) is 4.61. The van der Waals surface area contributed by atoms with Gasteiger partial charge in [-0.3, -0.25) is 4.79 Å². The molecule has 4 heteroatoms. The average Bonchev–Trinajstić information content (AvgIpc) is 2.10. The molecule has 1 atom stereocenters. The Morgan fingerprint density at radius 1 is 1.80 bits per heavy atom. The van der Waals surface area contributed by atoms with Crippen LogP contribution in [0.1, 0.15) is 13.8 Å². The molecule has 0 bridgehead atoms. The van der Waals surface area contributed by atoms with Gasteiger partial charge in [0.25, 0.3) is 0 Å². The summed E-state index contributed by atoms with van der Waals surface area (Å²) in [6, 6.07) is 0.203. The van der Waals surface area contributed by atoms with Crippen molar-refractivity contribution >= 4 is 5.91 Å². The molecule has 0 aromatic rings. The second-order valence-corrected chi connectivity index (χ2v) is 2.71. The summed E-state index contributed by atoms with van der Waals surface area (Å²) in [4.78, 5) is 12.3. The molecular weight excluding hydrogens is 132 g/mol. The number of hydrogen-bond donors (Lipinski definition) is 2. The maximum absolute atomic E-state index is 10.7. The van der Waals surface area contributed by atoms with Crippen LogP contribution in [0.5, 0.6) is 0 Å². The molecule has 2 N–H and O–H groups in total. The van der Waals surface area contributed by atoms with Gasteiger partial charge in [0.15, 0.2) is 6.35 Å². The average molecular weight is 144 g/mol. The summed E-state index contributed by atoms with van der Waals surface area (Å²) >= 11 is 0. The molecule has 4 nitrogen and oxygen atoms in total. The van der Waals surface area contributed by atoms with Gasteiger partial charge in [0.05, 0.1) is 6.54 Å². The van der Waals surface area contributed by atoms with Crippen molar-refractivity contribution in [3.63, 3.8) is 0 Å². The number of nitrogens with zero attached hydrogens (tertiary/aromatic N) is 1. The molecule has 1 aliphatic heterocycles. The van der Waals surface area contributed by atoms with E-state index in [1.165, 1.54) is 0 Å². The third-order valence-corrected chi connectivity index (χ3v) is 1.59. The maximum atomic E-state index is 10.7. The van der Waals surface area contributed by atoms with Crippen LogP contribution in [0.25, 0.3) is 0 Å². The van der Waals surface area contributed by atoms with Gasteiger partial charge < -0.3 is 10.4 Å². The third kappa shape index (κ3) is 1.27. The zero-order chi connectivity index (χ0) is 7.72. The number of nitrogens with one attached hydrogen (secondary N) is 1. The van der Waals surface area contributed by atoms with Gasteiger partial charge in [-0.1, -0.05) is 0 Å². The second-order valence-electron chi connectivity index (χ2n) is 2.71. The third-order valence-electron chi connectivity index (χ3n) is 1.59. The normalized spacial score (nSPS) is 27.6. The number of hydrogen-bond acceptors (Lipinski definition) is 3. The Kier molecular flexibility index (Phi) is 1.92. The van der Waals surface area contributed by atoms with E-state index >= 15 is 0 Å². The summed E-state index contributed by atoms with van der Waals surface area (Å²) in [6.07, 6.45) is -0.785. The molecule has 1 heterocycles. The molecule has 1 amide bonds. The number of aliphatic hydroxyl groups is 1. The minimum Gasteiger partial charge on any atom is -0.361 e.